The van der Waals surface area contributed by atoms with Crippen LogP contribution in [-0.2, 0) is 9.63 Å². The van der Waals surface area contributed by atoms with Gasteiger partial charge in [-0.2, -0.15) is 0 Å². The number of oxime groups is 1. The molecule has 7 atom stereocenters. The maximum Gasteiger partial charge on any atom is 0.344 e. The Hall–Kier alpha value is -1.36. The molecule has 0 aromatic carbocycles. The summed E-state index contributed by atoms with van der Waals surface area (Å²) in [5.74, 6) is 1.71. The van der Waals surface area contributed by atoms with Crippen molar-refractivity contribution in [1.29, 1.82) is 0 Å². The van der Waals surface area contributed by atoms with Gasteiger partial charge in [0.15, 0.2) is 0 Å². The summed E-state index contributed by atoms with van der Waals surface area (Å²) in [6.45, 7) is 6.52. The SMILES string of the molecule is C[C@H](O)C1CCC2C3CCC4=C/C(=N\OCC(=O)O)CCC4(C)C3CCC21C. The number of aliphatic hydroxyl groups excluding tert-OH is 1. The fraction of sp³-hybridized carbons (Fsp3) is 0.826. The minimum Gasteiger partial charge on any atom is -0.479 e. The monoisotopic (exact) mass is 389 g/mol. The zero-order valence-electron chi connectivity index (χ0n) is 17.5. The predicted octanol–water partition coefficient (Wildman–Crippen LogP) is 4.40. The predicted molar refractivity (Wildman–Crippen MR) is 108 cm³/mol. The highest BCUT2D eigenvalue weighted by atomic mass is 16.6. The Labute approximate surface area is 168 Å². The highest BCUT2D eigenvalue weighted by molar-refractivity contribution is 5.96. The van der Waals surface area contributed by atoms with E-state index in [1.807, 2.05) is 6.92 Å². The van der Waals surface area contributed by atoms with Crippen molar-refractivity contribution >= 4 is 11.7 Å². The summed E-state index contributed by atoms with van der Waals surface area (Å²) in [4.78, 5) is 15.6. The maximum absolute atomic E-state index is 10.6. The van der Waals surface area contributed by atoms with Crippen LogP contribution in [0, 0.1) is 34.5 Å². The molecule has 0 heterocycles. The zero-order valence-corrected chi connectivity index (χ0v) is 17.5. The van der Waals surface area contributed by atoms with Crippen molar-refractivity contribution in [1.82, 2.24) is 0 Å². The van der Waals surface area contributed by atoms with Gasteiger partial charge in [0.2, 0.25) is 6.61 Å². The number of hydrogen-bond donors (Lipinski definition) is 2. The third-order valence-electron chi connectivity index (χ3n) is 9.00. The molecule has 4 aliphatic carbocycles. The Balaban J connectivity index is 1.54. The molecular formula is C23H35NO4. The van der Waals surface area contributed by atoms with Gasteiger partial charge in [-0.3, -0.25) is 0 Å². The van der Waals surface area contributed by atoms with Gasteiger partial charge < -0.3 is 15.1 Å². The first kappa shape index (κ1) is 19.9. The second-order valence-corrected chi connectivity index (χ2v) is 10.2. The van der Waals surface area contributed by atoms with E-state index < -0.39 is 5.97 Å². The van der Waals surface area contributed by atoms with Crippen LogP contribution in [0.1, 0.15) is 72.1 Å². The average Bonchev–Trinajstić information content (AvgIpc) is 2.99. The number of aliphatic hydroxyl groups is 1. The van der Waals surface area contributed by atoms with Gasteiger partial charge in [0.1, 0.15) is 0 Å². The first-order chi connectivity index (χ1) is 13.3. The van der Waals surface area contributed by atoms with E-state index in [1.54, 1.807) is 0 Å². The molecule has 0 aromatic rings. The molecule has 5 nitrogen and oxygen atoms in total. The highest BCUT2D eigenvalue weighted by Gasteiger charge is 2.59. The second-order valence-electron chi connectivity index (χ2n) is 10.2. The first-order valence-electron chi connectivity index (χ1n) is 11.1. The molecule has 0 saturated heterocycles. The fourth-order valence-corrected chi connectivity index (χ4v) is 7.65. The van der Waals surface area contributed by atoms with Crippen molar-refractivity contribution in [2.45, 2.75) is 78.2 Å². The molecule has 0 aromatic heterocycles. The number of carboxylic acid groups (broad SMARTS) is 1. The normalized spacial score (nSPS) is 44.9. The number of hydrogen-bond acceptors (Lipinski definition) is 4. The average molecular weight is 390 g/mol. The van der Waals surface area contributed by atoms with Gasteiger partial charge in [-0.1, -0.05) is 24.6 Å². The number of carbonyl (C=O) groups is 1. The Morgan fingerprint density at radius 2 is 2.00 bits per heavy atom. The van der Waals surface area contributed by atoms with Crippen LogP contribution in [-0.4, -0.2) is 34.6 Å². The van der Waals surface area contributed by atoms with Crippen molar-refractivity contribution in [3.05, 3.63) is 11.6 Å². The van der Waals surface area contributed by atoms with Crippen molar-refractivity contribution in [3.8, 4) is 0 Å². The lowest BCUT2D eigenvalue weighted by atomic mass is 9.46. The lowest BCUT2D eigenvalue weighted by molar-refractivity contribution is -0.142. The molecule has 0 amide bonds. The summed E-state index contributed by atoms with van der Waals surface area (Å²) in [6, 6.07) is 0. The molecule has 0 radical (unpaired) electrons. The molecule has 5 heteroatoms. The quantitative estimate of drug-likeness (QED) is 0.698. The standard InChI is InChI=1S/C23H35NO4/c1-14(25)18-6-7-19-17-5-4-15-12-16(24-28-13-21(26)27)8-10-22(15,2)20(17)9-11-23(18,19)3/h12,14,17-20,25H,4-11,13H2,1-3H3,(H,26,27)/b24-16-/t14-,17?,18?,19?,20?,22?,23?/m0/s1. The Bertz CT molecular complexity index is 699. The van der Waals surface area contributed by atoms with Crippen molar-refractivity contribution in [2.75, 3.05) is 6.61 Å². The number of carboxylic acids is 1. The van der Waals surface area contributed by atoms with E-state index in [9.17, 15) is 9.90 Å². The molecule has 4 rings (SSSR count). The van der Waals surface area contributed by atoms with E-state index >= 15 is 0 Å². The molecule has 156 valence electrons. The molecule has 0 bridgehead atoms. The van der Waals surface area contributed by atoms with E-state index in [1.165, 1.54) is 37.7 Å². The maximum atomic E-state index is 10.6. The number of nitrogens with zero attached hydrogens (tertiary/aromatic N) is 1. The minimum atomic E-state index is -0.990. The van der Waals surface area contributed by atoms with Crippen LogP contribution in [0.2, 0.25) is 0 Å². The van der Waals surface area contributed by atoms with Crippen LogP contribution in [0.3, 0.4) is 0 Å². The number of aliphatic carboxylic acids is 1. The highest BCUT2D eigenvalue weighted by Crippen LogP contribution is 2.66. The van der Waals surface area contributed by atoms with Crippen LogP contribution in [0.5, 0.6) is 0 Å². The number of allylic oxidation sites excluding steroid dienone is 2. The topological polar surface area (TPSA) is 79.1 Å². The summed E-state index contributed by atoms with van der Waals surface area (Å²) in [6.07, 6.45) is 11.3. The fourth-order valence-electron chi connectivity index (χ4n) is 7.65. The van der Waals surface area contributed by atoms with Gasteiger partial charge in [-0.25, -0.2) is 4.79 Å². The van der Waals surface area contributed by atoms with Crippen molar-refractivity contribution < 1.29 is 19.8 Å². The summed E-state index contributed by atoms with van der Waals surface area (Å²) < 4.78 is 0. The van der Waals surface area contributed by atoms with Gasteiger partial charge in [0, 0.05) is 0 Å². The molecule has 3 fully saturated rings. The van der Waals surface area contributed by atoms with Gasteiger partial charge >= 0.3 is 5.97 Å². The Morgan fingerprint density at radius 3 is 2.71 bits per heavy atom. The van der Waals surface area contributed by atoms with Crippen LogP contribution in [0.4, 0.5) is 0 Å². The van der Waals surface area contributed by atoms with Gasteiger partial charge in [0.25, 0.3) is 0 Å². The smallest absolute Gasteiger partial charge is 0.344 e. The molecule has 0 spiro atoms. The van der Waals surface area contributed by atoms with E-state index in [4.69, 9.17) is 9.94 Å². The summed E-state index contributed by atoms with van der Waals surface area (Å²) in [7, 11) is 0. The minimum absolute atomic E-state index is 0.194. The van der Waals surface area contributed by atoms with Crippen molar-refractivity contribution in [2.24, 2.45) is 39.7 Å². The largest absolute Gasteiger partial charge is 0.479 e. The van der Waals surface area contributed by atoms with Crippen LogP contribution in [0.15, 0.2) is 16.8 Å². The summed E-state index contributed by atoms with van der Waals surface area (Å²) in [5, 5.41) is 23.2. The molecule has 28 heavy (non-hydrogen) atoms. The van der Waals surface area contributed by atoms with E-state index in [0.717, 1.165) is 42.7 Å². The molecule has 4 aliphatic rings. The third kappa shape index (κ3) is 3.10. The summed E-state index contributed by atoms with van der Waals surface area (Å²) >= 11 is 0. The molecule has 6 unspecified atom stereocenters. The number of rotatable bonds is 4. The molecule has 3 saturated carbocycles. The van der Waals surface area contributed by atoms with Crippen LogP contribution < -0.4 is 0 Å². The molecular weight excluding hydrogens is 354 g/mol. The lowest BCUT2D eigenvalue weighted by Gasteiger charge is -2.58. The Morgan fingerprint density at radius 1 is 1.21 bits per heavy atom. The molecule has 2 N–H and O–H groups in total. The van der Waals surface area contributed by atoms with E-state index in [-0.39, 0.29) is 18.1 Å². The lowest BCUT2D eigenvalue weighted by Crippen LogP contribution is -2.51. The van der Waals surface area contributed by atoms with Gasteiger partial charge in [0.05, 0.1) is 11.8 Å². The third-order valence-corrected chi connectivity index (χ3v) is 9.00. The van der Waals surface area contributed by atoms with E-state index in [0.29, 0.717) is 11.3 Å². The second kappa shape index (κ2) is 7.16. The van der Waals surface area contributed by atoms with Crippen LogP contribution >= 0.6 is 0 Å². The van der Waals surface area contributed by atoms with Crippen LogP contribution in [0.25, 0.3) is 0 Å². The van der Waals surface area contributed by atoms with Gasteiger partial charge in [-0.05, 0) is 98.9 Å². The first-order valence-corrected chi connectivity index (χ1v) is 11.1. The number of fused-ring (bicyclic) bond motifs is 5. The Kier molecular flexibility index (Phi) is 5.09. The van der Waals surface area contributed by atoms with Crippen molar-refractivity contribution in [3.63, 3.8) is 0 Å². The zero-order chi connectivity index (χ0) is 20.1. The van der Waals surface area contributed by atoms with Gasteiger partial charge in [-0.15, -0.1) is 0 Å². The van der Waals surface area contributed by atoms with E-state index in [2.05, 4.69) is 25.1 Å². The summed E-state index contributed by atoms with van der Waals surface area (Å²) in [5.41, 5.74) is 2.92. The molecule has 0 aliphatic heterocycles.